The maximum absolute atomic E-state index is 13.6. The van der Waals surface area contributed by atoms with Crippen LogP contribution in [-0.2, 0) is 6.54 Å². The fourth-order valence-electron chi connectivity index (χ4n) is 4.18. The van der Waals surface area contributed by atoms with Crippen molar-refractivity contribution < 1.29 is 4.79 Å². The lowest BCUT2D eigenvalue weighted by Crippen LogP contribution is -2.48. The third-order valence-electron chi connectivity index (χ3n) is 6.05. The number of para-hydroxylation sites is 1. The van der Waals surface area contributed by atoms with E-state index in [1.165, 1.54) is 5.56 Å². The number of carbonyl (C=O) groups is 1. The molecule has 1 saturated heterocycles. The molecule has 3 heterocycles. The largest absolute Gasteiger partial charge is 0.336 e. The van der Waals surface area contributed by atoms with Crippen molar-refractivity contribution in [2.75, 3.05) is 26.2 Å². The highest BCUT2D eigenvalue weighted by Gasteiger charge is 2.26. The normalized spacial score (nSPS) is 14.0. The van der Waals surface area contributed by atoms with Crippen LogP contribution in [-0.4, -0.2) is 56.7 Å². The lowest BCUT2D eigenvalue weighted by molar-refractivity contribution is 0.0629. The van der Waals surface area contributed by atoms with Gasteiger partial charge in [-0.1, -0.05) is 30.3 Å². The standard InChI is InChI=1S/C27H24N6O/c28-17-21-8-10-22(11-9-21)19-31-13-15-32(16-14-31)27(34)25-20-33(24-6-2-1-3-7-24)30-26(25)23-5-4-12-29-18-23/h1-12,18,20H,13-16,19H2. The van der Waals surface area contributed by atoms with Crippen LogP contribution in [0.3, 0.4) is 0 Å². The summed E-state index contributed by atoms with van der Waals surface area (Å²) in [5.41, 5.74) is 4.78. The van der Waals surface area contributed by atoms with Crippen LogP contribution in [0.1, 0.15) is 21.5 Å². The average molecular weight is 449 g/mol. The second-order valence-electron chi connectivity index (χ2n) is 8.29. The minimum Gasteiger partial charge on any atom is -0.336 e. The number of rotatable bonds is 5. The number of nitriles is 1. The quantitative estimate of drug-likeness (QED) is 0.465. The number of hydrogen-bond donors (Lipinski definition) is 0. The molecule has 2 aromatic heterocycles. The van der Waals surface area contributed by atoms with Crippen LogP contribution in [0.15, 0.2) is 85.3 Å². The Morgan fingerprint density at radius 3 is 2.38 bits per heavy atom. The first-order valence-corrected chi connectivity index (χ1v) is 11.3. The van der Waals surface area contributed by atoms with Gasteiger partial charge in [0.2, 0.25) is 0 Å². The summed E-state index contributed by atoms with van der Waals surface area (Å²) >= 11 is 0. The van der Waals surface area contributed by atoms with E-state index in [0.29, 0.717) is 29.9 Å². The molecule has 7 nitrogen and oxygen atoms in total. The molecule has 1 aliphatic rings. The Hall–Kier alpha value is -4.28. The summed E-state index contributed by atoms with van der Waals surface area (Å²) in [6, 6.07) is 23.4. The first kappa shape index (κ1) is 21.6. The third-order valence-corrected chi connectivity index (χ3v) is 6.05. The second-order valence-corrected chi connectivity index (χ2v) is 8.29. The Balaban J connectivity index is 1.33. The van der Waals surface area contributed by atoms with Crippen molar-refractivity contribution in [3.05, 3.63) is 102 Å². The van der Waals surface area contributed by atoms with E-state index in [-0.39, 0.29) is 5.91 Å². The van der Waals surface area contributed by atoms with Crippen molar-refractivity contribution in [2.24, 2.45) is 0 Å². The van der Waals surface area contributed by atoms with Gasteiger partial charge in [-0.25, -0.2) is 4.68 Å². The molecular weight excluding hydrogens is 424 g/mol. The first-order chi connectivity index (χ1) is 16.7. The van der Waals surface area contributed by atoms with E-state index in [1.807, 2.05) is 77.8 Å². The zero-order valence-electron chi connectivity index (χ0n) is 18.7. The Morgan fingerprint density at radius 2 is 1.71 bits per heavy atom. The van der Waals surface area contributed by atoms with Gasteiger partial charge in [0.15, 0.2) is 0 Å². The average Bonchev–Trinajstić information content (AvgIpc) is 3.36. The van der Waals surface area contributed by atoms with Crippen LogP contribution >= 0.6 is 0 Å². The molecule has 5 rings (SSSR count). The minimum absolute atomic E-state index is 0.0148. The van der Waals surface area contributed by atoms with Gasteiger partial charge in [0, 0.05) is 56.9 Å². The van der Waals surface area contributed by atoms with Crippen LogP contribution < -0.4 is 0 Å². The maximum atomic E-state index is 13.6. The molecule has 0 saturated carbocycles. The highest BCUT2D eigenvalue weighted by atomic mass is 16.2. The van der Waals surface area contributed by atoms with Crippen molar-refractivity contribution in [3.8, 4) is 23.0 Å². The molecule has 7 heteroatoms. The zero-order chi connectivity index (χ0) is 23.3. The summed E-state index contributed by atoms with van der Waals surface area (Å²) in [5, 5.41) is 13.7. The number of pyridine rings is 1. The lowest BCUT2D eigenvalue weighted by atomic mass is 10.1. The number of amides is 1. The van der Waals surface area contributed by atoms with Gasteiger partial charge in [0.05, 0.1) is 22.9 Å². The van der Waals surface area contributed by atoms with Crippen molar-refractivity contribution in [2.45, 2.75) is 6.54 Å². The molecule has 2 aromatic carbocycles. The third kappa shape index (κ3) is 4.58. The summed E-state index contributed by atoms with van der Waals surface area (Å²) < 4.78 is 1.76. The Kier molecular flexibility index (Phi) is 6.15. The predicted octanol–water partition coefficient (Wildman–Crippen LogP) is 3.76. The fraction of sp³-hybridized carbons (Fsp3) is 0.185. The number of aromatic nitrogens is 3. The molecule has 0 aliphatic carbocycles. The second kappa shape index (κ2) is 9.69. The smallest absolute Gasteiger partial charge is 0.257 e. The van der Waals surface area contributed by atoms with E-state index >= 15 is 0 Å². The van der Waals surface area contributed by atoms with E-state index in [1.54, 1.807) is 17.1 Å². The number of carbonyl (C=O) groups excluding carboxylic acids is 1. The molecular formula is C27H24N6O. The van der Waals surface area contributed by atoms with Crippen LogP contribution in [0.25, 0.3) is 16.9 Å². The summed E-state index contributed by atoms with van der Waals surface area (Å²) in [4.78, 5) is 22.0. The number of hydrogen-bond acceptors (Lipinski definition) is 5. The molecule has 0 spiro atoms. The minimum atomic E-state index is -0.0148. The van der Waals surface area contributed by atoms with Crippen LogP contribution in [0.2, 0.25) is 0 Å². The monoisotopic (exact) mass is 448 g/mol. The molecule has 0 bridgehead atoms. The highest BCUT2D eigenvalue weighted by molar-refractivity contribution is 6.00. The summed E-state index contributed by atoms with van der Waals surface area (Å²) in [7, 11) is 0. The highest BCUT2D eigenvalue weighted by Crippen LogP contribution is 2.25. The maximum Gasteiger partial charge on any atom is 0.257 e. The van der Waals surface area contributed by atoms with Gasteiger partial charge in [0.1, 0.15) is 5.69 Å². The zero-order valence-corrected chi connectivity index (χ0v) is 18.7. The van der Waals surface area contributed by atoms with E-state index in [0.717, 1.165) is 30.9 Å². The molecule has 0 radical (unpaired) electrons. The number of benzene rings is 2. The fourth-order valence-corrected chi connectivity index (χ4v) is 4.18. The van der Waals surface area contributed by atoms with Crippen molar-refractivity contribution in [3.63, 3.8) is 0 Å². The van der Waals surface area contributed by atoms with Crippen LogP contribution in [0, 0.1) is 11.3 Å². The number of piperazine rings is 1. The van der Waals surface area contributed by atoms with Gasteiger partial charge in [0.25, 0.3) is 5.91 Å². The first-order valence-electron chi connectivity index (χ1n) is 11.3. The molecule has 1 aliphatic heterocycles. The molecule has 1 fully saturated rings. The van der Waals surface area contributed by atoms with Crippen LogP contribution in [0.4, 0.5) is 0 Å². The number of nitrogens with zero attached hydrogens (tertiary/aromatic N) is 6. The Bertz CT molecular complexity index is 1300. The summed E-state index contributed by atoms with van der Waals surface area (Å²) in [6.07, 6.45) is 5.28. The Morgan fingerprint density at radius 1 is 0.941 bits per heavy atom. The Labute approximate surface area is 198 Å². The van der Waals surface area contributed by atoms with E-state index < -0.39 is 0 Å². The molecule has 0 unspecified atom stereocenters. The molecule has 168 valence electrons. The van der Waals surface area contributed by atoms with Gasteiger partial charge in [-0.3, -0.25) is 14.7 Å². The predicted molar refractivity (Wildman–Crippen MR) is 129 cm³/mol. The van der Waals surface area contributed by atoms with E-state index in [4.69, 9.17) is 10.4 Å². The summed E-state index contributed by atoms with van der Waals surface area (Å²) in [6.45, 7) is 3.69. The topological polar surface area (TPSA) is 78.0 Å². The van der Waals surface area contributed by atoms with E-state index in [9.17, 15) is 4.79 Å². The molecule has 0 N–H and O–H groups in total. The summed E-state index contributed by atoms with van der Waals surface area (Å²) in [5.74, 6) is -0.0148. The molecule has 4 aromatic rings. The SMILES string of the molecule is N#Cc1ccc(CN2CCN(C(=O)c3cn(-c4ccccc4)nc3-c3cccnc3)CC2)cc1. The van der Waals surface area contributed by atoms with Gasteiger partial charge in [-0.2, -0.15) is 10.4 Å². The van der Waals surface area contributed by atoms with E-state index in [2.05, 4.69) is 16.0 Å². The van der Waals surface area contributed by atoms with Gasteiger partial charge in [-0.15, -0.1) is 0 Å². The van der Waals surface area contributed by atoms with Gasteiger partial charge >= 0.3 is 0 Å². The molecule has 0 atom stereocenters. The van der Waals surface area contributed by atoms with Gasteiger partial charge < -0.3 is 4.90 Å². The molecule has 34 heavy (non-hydrogen) atoms. The lowest BCUT2D eigenvalue weighted by Gasteiger charge is -2.34. The molecule has 1 amide bonds. The van der Waals surface area contributed by atoms with Crippen molar-refractivity contribution >= 4 is 5.91 Å². The van der Waals surface area contributed by atoms with Gasteiger partial charge in [-0.05, 0) is 42.0 Å². The van der Waals surface area contributed by atoms with Crippen molar-refractivity contribution in [1.29, 1.82) is 5.26 Å². The van der Waals surface area contributed by atoms with Crippen molar-refractivity contribution in [1.82, 2.24) is 24.6 Å². The van der Waals surface area contributed by atoms with Crippen LogP contribution in [0.5, 0.6) is 0 Å².